The Bertz CT molecular complexity index is 989. The zero-order valence-corrected chi connectivity index (χ0v) is 19.4. The fraction of sp³-hybridized carbons (Fsp3) is 0.364. The second-order valence-electron chi connectivity index (χ2n) is 7.37. The van der Waals surface area contributed by atoms with E-state index in [9.17, 15) is 9.90 Å². The minimum Gasteiger partial charge on any atom is -0.494 e. The van der Waals surface area contributed by atoms with E-state index in [0.717, 1.165) is 33.3 Å². The van der Waals surface area contributed by atoms with Crippen molar-refractivity contribution in [2.75, 3.05) is 18.5 Å². The lowest BCUT2D eigenvalue weighted by Gasteiger charge is -2.15. The second kappa shape index (κ2) is 10.6. The largest absolute Gasteiger partial charge is 0.494 e. The number of carbonyl (C=O) groups is 1. The van der Waals surface area contributed by atoms with E-state index in [1.54, 1.807) is 26.2 Å². The van der Waals surface area contributed by atoms with Crippen molar-refractivity contribution in [1.82, 2.24) is 15.0 Å². The fourth-order valence-electron chi connectivity index (χ4n) is 2.55. The summed E-state index contributed by atoms with van der Waals surface area (Å²) in [6, 6.07) is 7.91. The number of anilines is 1. The van der Waals surface area contributed by atoms with Gasteiger partial charge in [-0.25, -0.2) is 15.0 Å². The summed E-state index contributed by atoms with van der Waals surface area (Å²) in [4.78, 5) is 24.6. The van der Waals surface area contributed by atoms with E-state index in [-0.39, 0.29) is 0 Å². The molecule has 0 radical (unpaired) electrons. The fourth-order valence-corrected chi connectivity index (χ4v) is 4.77. The number of thiazole rings is 1. The Labute approximate surface area is 190 Å². The van der Waals surface area contributed by atoms with Gasteiger partial charge in [-0.05, 0) is 38.0 Å². The lowest BCUT2D eigenvalue weighted by atomic mass is 10.1. The van der Waals surface area contributed by atoms with Crippen LogP contribution < -0.4 is 10.1 Å². The number of hydrogen-bond donors (Lipinski definition) is 2. The Balaban J connectivity index is 1.49. The summed E-state index contributed by atoms with van der Waals surface area (Å²) in [7, 11) is 0. The Morgan fingerprint density at radius 3 is 2.55 bits per heavy atom. The molecule has 0 amide bonds. The molecule has 3 aromatic rings. The molecule has 0 unspecified atom stereocenters. The minimum atomic E-state index is -0.897. The number of ether oxygens (including phenoxy) is 1. The molecule has 164 valence electrons. The first kappa shape index (κ1) is 23.0. The highest BCUT2D eigenvalue weighted by molar-refractivity contribution is 8.02. The Hall–Kier alpha value is -2.65. The number of hydrogen-bond acceptors (Lipinski definition) is 8. The number of rotatable bonds is 11. The lowest BCUT2D eigenvalue weighted by molar-refractivity contribution is -0.138. The first-order chi connectivity index (χ1) is 14.9. The Morgan fingerprint density at radius 2 is 1.90 bits per heavy atom. The summed E-state index contributed by atoms with van der Waals surface area (Å²) in [5.74, 6) is 0.570. The maximum absolute atomic E-state index is 11.3. The standard InChI is InChI=1S/C22H26N4O3S2/c1-4-11-29-18-7-5-15(6-8-18)16-12-24-20(25-13-16)23-10-9-17-14-30-21(26-17)31-22(2,3)19(27)28/h5-8,12-14H,4,9-11H2,1-3H3,(H,27,28)(H,23,24,25). The van der Waals surface area contributed by atoms with Crippen LogP contribution in [-0.2, 0) is 11.2 Å². The first-order valence-corrected chi connectivity index (χ1v) is 11.7. The predicted molar refractivity (Wildman–Crippen MR) is 125 cm³/mol. The molecule has 2 heterocycles. The number of nitrogens with zero attached hydrogens (tertiary/aromatic N) is 3. The molecule has 1 aromatic carbocycles. The smallest absolute Gasteiger partial charge is 0.319 e. The van der Waals surface area contributed by atoms with Crippen LogP contribution >= 0.6 is 23.1 Å². The number of aliphatic carboxylic acids is 1. The number of benzene rings is 1. The van der Waals surface area contributed by atoms with Gasteiger partial charge in [0.05, 0.1) is 12.3 Å². The molecule has 2 aromatic heterocycles. The Morgan fingerprint density at radius 1 is 1.19 bits per heavy atom. The van der Waals surface area contributed by atoms with Crippen molar-refractivity contribution in [2.24, 2.45) is 0 Å². The average Bonchev–Trinajstić information content (AvgIpc) is 3.19. The van der Waals surface area contributed by atoms with E-state index < -0.39 is 10.7 Å². The molecule has 7 nitrogen and oxygen atoms in total. The summed E-state index contributed by atoms with van der Waals surface area (Å²) >= 11 is 2.73. The molecule has 0 aliphatic rings. The van der Waals surface area contributed by atoms with Gasteiger partial charge in [-0.2, -0.15) is 0 Å². The van der Waals surface area contributed by atoms with Gasteiger partial charge < -0.3 is 15.2 Å². The molecule has 0 bridgehead atoms. The minimum absolute atomic E-state index is 0.559. The van der Waals surface area contributed by atoms with Crippen molar-refractivity contribution in [1.29, 1.82) is 0 Å². The summed E-state index contributed by atoms with van der Waals surface area (Å²) in [5.41, 5.74) is 2.89. The third-order valence-electron chi connectivity index (χ3n) is 4.36. The van der Waals surface area contributed by atoms with Gasteiger partial charge in [-0.15, -0.1) is 11.3 Å². The van der Waals surface area contributed by atoms with Crippen molar-refractivity contribution in [3.05, 3.63) is 47.7 Å². The van der Waals surface area contributed by atoms with Gasteiger partial charge in [0.25, 0.3) is 0 Å². The zero-order valence-electron chi connectivity index (χ0n) is 17.8. The van der Waals surface area contributed by atoms with Gasteiger partial charge in [0, 0.05) is 36.3 Å². The van der Waals surface area contributed by atoms with E-state index in [4.69, 9.17) is 4.74 Å². The van der Waals surface area contributed by atoms with Crippen LogP contribution in [0.4, 0.5) is 5.95 Å². The van der Waals surface area contributed by atoms with Gasteiger partial charge >= 0.3 is 5.97 Å². The number of thioether (sulfide) groups is 1. The highest BCUT2D eigenvalue weighted by atomic mass is 32.2. The molecule has 0 aliphatic heterocycles. The summed E-state index contributed by atoms with van der Waals surface area (Å²) in [6.45, 7) is 6.79. The van der Waals surface area contributed by atoms with Crippen LogP contribution in [0.2, 0.25) is 0 Å². The van der Waals surface area contributed by atoms with Crippen molar-refractivity contribution in [2.45, 2.75) is 42.7 Å². The molecule has 3 rings (SSSR count). The van der Waals surface area contributed by atoms with Crippen LogP contribution in [0.25, 0.3) is 11.1 Å². The van der Waals surface area contributed by atoms with Gasteiger partial charge in [0.1, 0.15) is 10.5 Å². The van der Waals surface area contributed by atoms with Crippen molar-refractivity contribution in [3.8, 4) is 16.9 Å². The summed E-state index contributed by atoms with van der Waals surface area (Å²) < 4.78 is 5.47. The zero-order chi connectivity index (χ0) is 22.3. The third-order valence-corrected chi connectivity index (χ3v) is 6.54. The molecule has 0 saturated heterocycles. The summed E-state index contributed by atoms with van der Waals surface area (Å²) in [6.07, 6.45) is 5.27. The van der Waals surface area contributed by atoms with Crippen LogP contribution in [0.1, 0.15) is 32.9 Å². The van der Waals surface area contributed by atoms with E-state index in [2.05, 4.69) is 27.2 Å². The van der Waals surface area contributed by atoms with Gasteiger partial charge in [-0.3, -0.25) is 4.79 Å². The predicted octanol–water partition coefficient (Wildman–Crippen LogP) is 5.00. The molecule has 31 heavy (non-hydrogen) atoms. The molecule has 9 heteroatoms. The molecule has 0 fully saturated rings. The number of carboxylic acids is 1. The van der Waals surface area contributed by atoms with Gasteiger partial charge in [0.2, 0.25) is 5.95 Å². The number of nitrogens with one attached hydrogen (secondary N) is 1. The monoisotopic (exact) mass is 458 g/mol. The Kier molecular flexibility index (Phi) is 7.86. The maximum Gasteiger partial charge on any atom is 0.319 e. The SMILES string of the molecule is CCCOc1ccc(-c2cnc(NCCc3csc(SC(C)(C)C(=O)O)n3)nc2)cc1. The number of carboxylic acid groups (broad SMARTS) is 1. The lowest BCUT2D eigenvalue weighted by Crippen LogP contribution is -2.26. The molecular formula is C22H26N4O3S2. The number of aromatic nitrogens is 3. The van der Waals surface area contributed by atoms with Crippen LogP contribution in [0.3, 0.4) is 0 Å². The molecule has 2 N–H and O–H groups in total. The highest BCUT2D eigenvalue weighted by Gasteiger charge is 2.29. The highest BCUT2D eigenvalue weighted by Crippen LogP contribution is 2.34. The summed E-state index contributed by atoms with van der Waals surface area (Å²) in [5, 5.41) is 14.4. The molecule has 0 aliphatic carbocycles. The second-order valence-corrected chi connectivity index (χ2v) is 10.1. The average molecular weight is 459 g/mol. The first-order valence-electron chi connectivity index (χ1n) is 10.0. The van der Waals surface area contributed by atoms with E-state index in [1.165, 1.54) is 23.1 Å². The van der Waals surface area contributed by atoms with Crippen LogP contribution in [0, 0.1) is 0 Å². The van der Waals surface area contributed by atoms with Crippen molar-refractivity contribution < 1.29 is 14.6 Å². The van der Waals surface area contributed by atoms with Crippen LogP contribution in [0.15, 0.2) is 46.4 Å². The van der Waals surface area contributed by atoms with Crippen molar-refractivity contribution in [3.63, 3.8) is 0 Å². The van der Waals surface area contributed by atoms with Crippen molar-refractivity contribution >= 4 is 35.0 Å². The third kappa shape index (κ3) is 6.67. The van der Waals surface area contributed by atoms with Crippen LogP contribution in [-0.4, -0.2) is 43.9 Å². The molecular weight excluding hydrogens is 432 g/mol. The van der Waals surface area contributed by atoms with Gasteiger partial charge in [-0.1, -0.05) is 30.8 Å². The van der Waals surface area contributed by atoms with E-state index >= 15 is 0 Å². The van der Waals surface area contributed by atoms with Crippen LogP contribution in [0.5, 0.6) is 5.75 Å². The molecule has 0 atom stereocenters. The topological polar surface area (TPSA) is 97.2 Å². The molecule has 0 saturated carbocycles. The maximum atomic E-state index is 11.3. The quantitative estimate of drug-likeness (QED) is 0.388. The molecule has 0 spiro atoms. The van der Waals surface area contributed by atoms with E-state index in [1.807, 2.05) is 29.6 Å². The van der Waals surface area contributed by atoms with Gasteiger partial charge in [0.15, 0.2) is 4.34 Å². The normalized spacial score (nSPS) is 11.3. The van der Waals surface area contributed by atoms with E-state index in [0.29, 0.717) is 25.5 Å².